The van der Waals surface area contributed by atoms with Gasteiger partial charge in [-0.25, -0.2) is 26.7 Å². The number of nitrogens with one attached hydrogen (secondary N) is 1. The highest BCUT2D eigenvalue weighted by Crippen LogP contribution is 2.26. The Bertz CT molecular complexity index is 564. The summed E-state index contributed by atoms with van der Waals surface area (Å²) in [6.45, 7) is 1.43. The summed E-state index contributed by atoms with van der Waals surface area (Å²) in [5.74, 6) is -1.76. The van der Waals surface area contributed by atoms with Crippen LogP contribution in [0.2, 0.25) is 0 Å². The normalized spacial score (nSPS) is 12.1. The second kappa shape index (κ2) is 5.02. The van der Waals surface area contributed by atoms with E-state index in [4.69, 9.17) is 9.52 Å². The van der Waals surface area contributed by atoms with Gasteiger partial charge in [0, 0.05) is 0 Å². The van der Waals surface area contributed by atoms with E-state index in [1.165, 1.54) is 13.8 Å². The predicted octanol–water partition coefficient (Wildman–Crippen LogP) is 1.14. The lowest BCUT2D eigenvalue weighted by Crippen LogP contribution is -2.30. The minimum atomic E-state index is -4.35. The quantitative estimate of drug-likeness (QED) is 0.844. The van der Waals surface area contributed by atoms with Gasteiger partial charge >= 0.3 is 5.97 Å². The van der Waals surface area contributed by atoms with Gasteiger partial charge in [0.2, 0.25) is 10.0 Å². The third-order valence-corrected chi connectivity index (χ3v) is 3.69. The Morgan fingerprint density at radius 3 is 2.39 bits per heavy atom. The molecule has 0 fully saturated rings. The summed E-state index contributed by atoms with van der Waals surface area (Å²) in [4.78, 5) is 10.3. The molecule has 6 nitrogen and oxygen atoms in total. The van der Waals surface area contributed by atoms with E-state index in [0.717, 1.165) is 0 Å². The average molecular weight is 283 g/mol. The Kier molecular flexibility index (Phi) is 4.07. The van der Waals surface area contributed by atoms with Gasteiger partial charge in [-0.3, -0.25) is 0 Å². The van der Waals surface area contributed by atoms with Crippen LogP contribution in [-0.2, 0) is 10.0 Å². The number of carbonyl (C=O) groups is 1. The molecule has 102 valence electrons. The Balaban J connectivity index is 3.28. The highest BCUT2D eigenvalue weighted by atomic mass is 32.2. The molecule has 0 atom stereocenters. The van der Waals surface area contributed by atoms with E-state index in [0.29, 0.717) is 0 Å². The zero-order valence-corrected chi connectivity index (χ0v) is 10.3. The molecule has 0 spiro atoms. The number of rotatable bonds is 5. The summed E-state index contributed by atoms with van der Waals surface area (Å²) in [6, 6.07) is 0. The van der Waals surface area contributed by atoms with Crippen LogP contribution in [0, 0.1) is 13.8 Å². The SMILES string of the molecule is Cc1oc(C)c(S(=O)(=O)NCC(F)F)c1C(=O)O. The lowest BCUT2D eigenvalue weighted by Gasteiger charge is -2.06. The van der Waals surface area contributed by atoms with Crippen LogP contribution < -0.4 is 4.72 Å². The molecule has 0 amide bonds. The topological polar surface area (TPSA) is 96.6 Å². The zero-order chi connectivity index (χ0) is 14.1. The fraction of sp³-hybridized carbons (Fsp3) is 0.444. The standard InChI is InChI=1S/C9H11F2NO5S/c1-4-7(9(13)14)8(5(2)17-4)18(15,16)12-3-6(10)11/h6,12H,3H2,1-2H3,(H,13,14). The van der Waals surface area contributed by atoms with Crippen molar-refractivity contribution < 1.29 is 31.5 Å². The van der Waals surface area contributed by atoms with Gasteiger partial charge in [-0.15, -0.1) is 0 Å². The van der Waals surface area contributed by atoms with Crippen LogP contribution >= 0.6 is 0 Å². The Labute approximate surface area is 102 Å². The maximum absolute atomic E-state index is 12.0. The minimum absolute atomic E-state index is 0.0996. The molecule has 2 N–H and O–H groups in total. The van der Waals surface area contributed by atoms with Crippen LogP contribution in [0.1, 0.15) is 21.9 Å². The first-order chi connectivity index (χ1) is 8.16. The fourth-order valence-electron chi connectivity index (χ4n) is 1.48. The Morgan fingerprint density at radius 2 is 1.94 bits per heavy atom. The molecule has 0 radical (unpaired) electrons. The van der Waals surface area contributed by atoms with Crippen molar-refractivity contribution in [3.8, 4) is 0 Å². The van der Waals surface area contributed by atoms with Gasteiger partial charge in [0.05, 0.1) is 6.54 Å². The first kappa shape index (κ1) is 14.6. The van der Waals surface area contributed by atoms with E-state index in [2.05, 4.69) is 0 Å². The highest BCUT2D eigenvalue weighted by Gasteiger charge is 2.31. The molecular weight excluding hydrogens is 272 g/mol. The maximum atomic E-state index is 12.0. The van der Waals surface area contributed by atoms with Crippen molar-refractivity contribution in [2.45, 2.75) is 25.2 Å². The van der Waals surface area contributed by atoms with Gasteiger partial charge in [0.15, 0.2) is 0 Å². The molecule has 0 aliphatic rings. The van der Waals surface area contributed by atoms with Gasteiger partial charge in [-0.05, 0) is 13.8 Å². The largest absolute Gasteiger partial charge is 0.478 e. The summed E-state index contributed by atoms with van der Waals surface area (Å²) in [6.07, 6.45) is -2.87. The van der Waals surface area contributed by atoms with Crippen LogP contribution in [0.4, 0.5) is 8.78 Å². The number of carboxylic acid groups (broad SMARTS) is 1. The molecule has 9 heteroatoms. The molecule has 0 unspecified atom stereocenters. The van der Waals surface area contributed by atoms with Crippen LogP contribution in [0.15, 0.2) is 9.31 Å². The number of carboxylic acids is 1. The summed E-state index contributed by atoms with van der Waals surface area (Å²) in [5, 5.41) is 8.90. The second-order valence-corrected chi connectivity index (χ2v) is 5.17. The highest BCUT2D eigenvalue weighted by molar-refractivity contribution is 7.89. The van der Waals surface area contributed by atoms with Crippen molar-refractivity contribution in [2.24, 2.45) is 0 Å². The van der Waals surface area contributed by atoms with Crippen molar-refractivity contribution in [3.63, 3.8) is 0 Å². The lowest BCUT2D eigenvalue weighted by atomic mass is 10.2. The Hall–Kier alpha value is -1.48. The molecule has 0 saturated carbocycles. The van der Waals surface area contributed by atoms with E-state index in [1.807, 2.05) is 0 Å². The van der Waals surface area contributed by atoms with Crippen LogP contribution in [-0.4, -0.2) is 32.5 Å². The predicted molar refractivity (Wildman–Crippen MR) is 56.3 cm³/mol. The summed E-state index contributed by atoms with van der Waals surface area (Å²) in [5.41, 5.74) is -0.547. The van der Waals surface area contributed by atoms with Gasteiger partial charge in [0.1, 0.15) is 22.0 Å². The van der Waals surface area contributed by atoms with E-state index >= 15 is 0 Å². The van der Waals surface area contributed by atoms with E-state index in [-0.39, 0.29) is 11.5 Å². The minimum Gasteiger partial charge on any atom is -0.478 e. The summed E-state index contributed by atoms with van der Waals surface area (Å²) >= 11 is 0. The molecule has 0 aromatic carbocycles. The maximum Gasteiger partial charge on any atom is 0.340 e. The number of aromatic carboxylic acids is 1. The van der Waals surface area contributed by atoms with Crippen molar-refractivity contribution in [1.29, 1.82) is 0 Å². The van der Waals surface area contributed by atoms with Gasteiger partial charge in [-0.1, -0.05) is 0 Å². The second-order valence-electron chi connectivity index (χ2n) is 3.47. The lowest BCUT2D eigenvalue weighted by molar-refractivity contribution is 0.0691. The third-order valence-electron chi connectivity index (χ3n) is 2.12. The molecule has 0 saturated heterocycles. The summed E-state index contributed by atoms with van der Waals surface area (Å²) < 4.78 is 54.0. The van der Waals surface area contributed by atoms with Gasteiger partial charge in [0.25, 0.3) is 6.43 Å². The number of hydrogen-bond acceptors (Lipinski definition) is 4. The number of alkyl halides is 2. The fourth-order valence-corrected chi connectivity index (χ4v) is 2.89. The van der Waals surface area contributed by atoms with Crippen molar-refractivity contribution in [1.82, 2.24) is 4.72 Å². The van der Waals surface area contributed by atoms with E-state index in [9.17, 15) is 22.0 Å². The van der Waals surface area contributed by atoms with Crippen molar-refractivity contribution in [3.05, 3.63) is 17.1 Å². The first-order valence-electron chi connectivity index (χ1n) is 4.78. The van der Waals surface area contributed by atoms with E-state index in [1.54, 1.807) is 4.72 Å². The molecule has 0 bridgehead atoms. The smallest absolute Gasteiger partial charge is 0.340 e. The van der Waals surface area contributed by atoms with Gasteiger partial charge in [-0.2, -0.15) is 0 Å². The Morgan fingerprint density at radius 1 is 1.39 bits per heavy atom. The van der Waals surface area contributed by atoms with Crippen molar-refractivity contribution in [2.75, 3.05) is 6.54 Å². The number of sulfonamides is 1. The number of aryl methyl sites for hydroxylation is 2. The average Bonchev–Trinajstić information content (AvgIpc) is 2.51. The summed E-state index contributed by atoms with van der Waals surface area (Å²) in [7, 11) is -4.35. The van der Waals surface area contributed by atoms with Crippen molar-refractivity contribution >= 4 is 16.0 Å². The molecule has 0 aliphatic heterocycles. The molecule has 0 aliphatic carbocycles. The van der Waals surface area contributed by atoms with Gasteiger partial charge < -0.3 is 9.52 Å². The molecule has 1 aromatic rings. The van der Waals surface area contributed by atoms with Crippen LogP contribution in [0.5, 0.6) is 0 Å². The van der Waals surface area contributed by atoms with E-state index < -0.39 is 39.4 Å². The zero-order valence-electron chi connectivity index (χ0n) is 9.53. The third kappa shape index (κ3) is 2.85. The molecule has 1 rings (SSSR count). The molecule has 1 heterocycles. The van der Waals surface area contributed by atoms with Crippen LogP contribution in [0.25, 0.3) is 0 Å². The first-order valence-corrected chi connectivity index (χ1v) is 6.26. The molecular formula is C9H11F2NO5S. The van der Waals surface area contributed by atoms with Crippen LogP contribution in [0.3, 0.4) is 0 Å². The number of hydrogen-bond donors (Lipinski definition) is 2. The number of furan rings is 1. The number of halogens is 2. The monoisotopic (exact) mass is 283 g/mol. The molecule has 1 aromatic heterocycles. The molecule has 18 heavy (non-hydrogen) atoms.